The van der Waals surface area contributed by atoms with Crippen molar-refractivity contribution in [2.24, 2.45) is 0 Å². The first-order valence-electron chi connectivity index (χ1n) is 9.88. The Hall–Kier alpha value is -3.10. The Kier molecular flexibility index (Phi) is 6.82. The summed E-state index contributed by atoms with van der Waals surface area (Å²) in [5.41, 5.74) is 3.33. The van der Waals surface area contributed by atoms with Gasteiger partial charge in [-0.1, -0.05) is 39.0 Å². The lowest BCUT2D eigenvalue weighted by molar-refractivity contribution is -0.120. The van der Waals surface area contributed by atoms with Crippen LogP contribution >= 0.6 is 0 Å². The smallest absolute Gasteiger partial charge is 0.241 e. The number of sulfonamides is 1. The van der Waals surface area contributed by atoms with Crippen LogP contribution in [0.4, 0.5) is 0 Å². The van der Waals surface area contributed by atoms with Gasteiger partial charge in [0.25, 0.3) is 0 Å². The van der Waals surface area contributed by atoms with Gasteiger partial charge in [-0.15, -0.1) is 0 Å². The van der Waals surface area contributed by atoms with E-state index in [1.165, 1.54) is 0 Å². The third-order valence-electron chi connectivity index (χ3n) is 4.76. The molecule has 0 spiro atoms. The summed E-state index contributed by atoms with van der Waals surface area (Å²) in [5.74, 6) is -0.434. The fourth-order valence-corrected chi connectivity index (χ4v) is 3.96. The van der Waals surface area contributed by atoms with Crippen LogP contribution in [0, 0.1) is 0 Å². The molecule has 7 nitrogen and oxygen atoms in total. The number of pyridine rings is 2. The normalized spacial score (nSPS) is 11.8. The molecule has 3 aromatic rings. The molecular formula is C23H26N4O3S. The third-order valence-corrected chi connectivity index (χ3v) is 6.17. The van der Waals surface area contributed by atoms with E-state index < -0.39 is 15.9 Å². The molecule has 0 bridgehead atoms. The number of aromatic nitrogens is 2. The van der Waals surface area contributed by atoms with E-state index in [0.29, 0.717) is 0 Å². The average Bonchev–Trinajstić information content (AvgIpc) is 2.76. The van der Waals surface area contributed by atoms with Gasteiger partial charge in [-0.3, -0.25) is 14.8 Å². The molecule has 1 aromatic carbocycles. The fourth-order valence-electron chi connectivity index (χ4n) is 2.98. The summed E-state index contributed by atoms with van der Waals surface area (Å²) in [4.78, 5) is 20.9. The number of amides is 1. The maximum absolute atomic E-state index is 12.5. The molecule has 0 unspecified atom stereocenters. The monoisotopic (exact) mass is 438 g/mol. The summed E-state index contributed by atoms with van der Waals surface area (Å²) in [6.45, 7) is 6.04. The van der Waals surface area contributed by atoms with Crippen molar-refractivity contribution in [1.29, 1.82) is 0 Å². The Morgan fingerprint density at radius 3 is 2.35 bits per heavy atom. The first kappa shape index (κ1) is 22.6. The number of hydrogen-bond acceptors (Lipinski definition) is 5. The summed E-state index contributed by atoms with van der Waals surface area (Å²) in [7, 11) is -3.78. The highest BCUT2D eigenvalue weighted by Gasteiger charge is 2.18. The second-order valence-electron chi connectivity index (χ2n) is 8.13. The predicted octanol–water partition coefficient (Wildman–Crippen LogP) is 3.04. The van der Waals surface area contributed by atoms with Gasteiger partial charge < -0.3 is 5.32 Å². The van der Waals surface area contributed by atoms with E-state index in [2.05, 4.69) is 40.8 Å². The van der Waals surface area contributed by atoms with Crippen LogP contribution in [0.25, 0.3) is 11.3 Å². The highest BCUT2D eigenvalue weighted by atomic mass is 32.2. The van der Waals surface area contributed by atoms with Crippen molar-refractivity contribution in [1.82, 2.24) is 20.0 Å². The molecule has 1 amide bonds. The maximum atomic E-state index is 12.5. The van der Waals surface area contributed by atoms with Gasteiger partial charge >= 0.3 is 0 Å². The molecule has 0 aliphatic rings. The number of benzene rings is 1. The SMILES string of the molecule is CC(C)(C)c1ccc(S(=O)(=O)NCC(=O)NCc2cccnc2-c2cccnc2)cc1. The number of rotatable bonds is 7. The van der Waals surface area contributed by atoms with E-state index in [0.717, 1.165) is 22.4 Å². The van der Waals surface area contributed by atoms with Crippen LogP contribution in [-0.2, 0) is 26.8 Å². The lowest BCUT2D eigenvalue weighted by atomic mass is 9.87. The van der Waals surface area contributed by atoms with Crippen LogP contribution in [0.15, 0.2) is 72.0 Å². The van der Waals surface area contributed by atoms with Gasteiger partial charge in [-0.25, -0.2) is 13.1 Å². The molecule has 2 heterocycles. The van der Waals surface area contributed by atoms with Crippen LogP contribution in [0.1, 0.15) is 31.9 Å². The van der Waals surface area contributed by atoms with Crippen LogP contribution in [0.5, 0.6) is 0 Å². The van der Waals surface area contributed by atoms with Gasteiger partial charge in [0.1, 0.15) is 0 Å². The summed E-state index contributed by atoms with van der Waals surface area (Å²) in [5, 5.41) is 2.74. The van der Waals surface area contributed by atoms with Crippen molar-refractivity contribution in [3.63, 3.8) is 0 Å². The molecule has 2 N–H and O–H groups in total. The predicted molar refractivity (Wildman–Crippen MR) is 120 cm³/mol. The number of carbonyl (C=O) groups is 1. The maximum Gasteiger partial charge on any atom is 0.241 e. The summed E-state index contributed by atoms with van der Waals surface area (Å²) in [6, 6.07) is 14.0. The summed E-state index contributed by atoms with van der Waals surface area (Å²) < 4.78 is 27.4. The van der Waals surface area contributed by atoms with Crippen molar-refractivity contribution in [3.8, 4) is 11.3 Å². The van der Waals surface area contributed by atoms with E-state index >= 15 is 0 Å². The molecule has 162 valence electrons. The van der Waals surface area contributed by atoms with Crippen LogP contribution in [-0.4, -0.2) is 30.8 Å². The quantitative estimate of drug-likeness (QED) is 0.590. The Morgan fingerprint density at radius 2 is 1.71 bits per heavy atom. The van der Waals surface area contributed by atoms with Crippen LogP contribution in [0.2, 0.25) is 0 Å². The topological polar surface area (TPSA) is 101 Å². The summed E-state index contributed by atoms with van der Waals surface area (Å²) >= 11 is 0. The highest BCUT2D eigenvalue weighted by molar-refractivity contribution is 7.89. The molecule has 31 heavy (non-hydrogen) atoms. The summed E-state index contributed by atoms with van der Waals surface area (Å²) in [6.07, 6.45) is 5.05. The third kappa shape index (κ3) is 5.96. The number of nitrogens with zero attached hydrogens (tertiary/aromatic N) is 2. The lowest BCUT2D eigenvalue weighted by Crippen LogP contribution is -2.36. The van der Waals surface area contributed by atoms with Gasteiger partial charge in [-0.05, 0) is 46.9 Å². The van der Waals surface area contributed by atoms with Crippen LogP contribution < -0.4 is 10.0 Å². The second kappa shape index (κ2) is 9.36. The molecule has 0 saturated carbocycles. The largest absolute Gasteiger partial charge is 0.351 e. The van der Waals surface area contributed by atoms with Crippen molar-refractivity contribution in [2.45, 2.75) is 37.6 Å². The van der Waals surface area contributed by atoms with Gasteiger partial charge in [0, 0.05) is 30.7 Å². The molecule has 0 atom stereocenters. The van der Waals surface area contributed by atoms with Crippen molar-refractivity contribution in [2.75, 3.05) is 6.54 Å². The van der Waals surface area contributed by atoms with E-state index in [9.17, 15) is 13.2 Å². The Balaban J connectivity index is 1.60. The zero-order valence-corrected chi connectivity index (χ0v) is 18.6. The van der Waals surface area contributed by atoms with Crippen molar-refractivity contribution >= 4 is 15.9 Å². The molecule has 2 aromatic heterocycles. The van der Waals surface area contributed by atoms with E-state index in [4.69, 9.17) is 0 Å². The molecular weight excluding hydrogens is 412 g/mol. The number of nitrogens with one attached hydrogen (secondary N) is 2. The van der Waals surface area contributed by atoms with Gasteiger partial charge in [0.05, 0.1) is 17.1 Å². The van der Waals surface area contributed by atoms with Gasteiger partial charge in [0.2, 0.25) is 15.9 Å². The molecule has 0 aliphatic heterocycles. The second-order valence-corrected chi connectivity index (χ2v) is 9.90. The molecule has 0 radical (unpaired) electrons. The molecule has 3 rings (SSSR count). The first-order chi connectivity index (χ1) is 14.7. The molecule has 8 heteroatoms. The Labute approximate surface area is 183 Å². The standard InChI is InChI=1S/C23H26N4O3S/c1-23(2,3)19-8-10-20(11-9-19)31(29,30)27-16-21(28)26-15-18-7-5-13-25-22(18)17-6-4-12-24-14-17/h4-14,27H,15-16H2,1-3H3,(H,26,28). The fraction of sp³-hybridized carbons (Fsp3) is 0.261. The Morgan fingerprint density at radius 1 is 1.00 bits per heavy atom. The minimum Gasteiger partial charge on any atom is -0.351 e. The van der Waals surface area contributed by atoms with Gasteiger partial charge in [0.15, 0.2) is 0 Å². The zero-order chi connectivity index (χ0) is 22.5. The molecule has 0 saturated heterocycles. The van der Waals surface area contributed by atoms with Crippen molar-refractivity contribution < 1.29 is 13.2 Å². The molecule has 0 fully saturated rings. The van der Waals surface area contributed by atoms with Crippen molar-refractivity contribution in [3.05, 3.63) is 78.2 Å². The van der Waals surface area contributed by atoms with Gasteiger partial charge in [-0.2, -0.15) is 0 Å². The van der Waals surface area contributed by atoms with E-state index in [-0.39, 0.29) is 23.4 Å². The van der Waals surface area contributed by atoms with Crippen LogP contribution in [0.3, 0.4) is 0 Å². The highest BCUT2D eigenvalue weighted by Crippen LogP contribution is 2.23. The Bertz CT molecular complexity index is 1140. The number of carbonyl (C=O) groups excluding carboxylic acids is 1. The van der Waals surface area contributed by atoms with E-state index in [1.54, 1.807) is 48.9 Å². The minimum absolute atomic E-state index is 0.0728. The zero-order valence-electron chi connectivity index (χ0n) is 17.8. The average molecular weight is 439 g/mol. The number of hydrogen-bond donors (Lipinski definition) is 2. The molecule has 0 aliphatic carbocycles. The first-order valence-corrected chi connectivity index (χ1v) is 11.4. The minimum atomic E-state index is -3.78. The lowest BCUT2D eigenvalue weighted by Gasteiger charge is -2.19. The van der Waals surface area contributed by atoms with E-state index in [1.807, 2.05) is 18.2 Å².